The summed E-state index contributed by atoms with van der Waals surface area (Å²) >= 11 is 0. The van der Waals surface area contributed by atoms with Crippen molar-refractivity contribution in [1.82, 2.24) is 5.16 Å². The Hall–Kier alpha value is -3.19. The van der Waals surface area contributed by atoms with Crippen molar-refractivity contribution < 1.29 is 22.5 Å². The van der Waals surface area contributed by atoms with Crippen molar-refractivity contribution in [1.29, 1.82) is 0 Å². The van der Waals surface area contributed by atoms with Gasteiger partial charge in [-0.2, -0.15) is 0 Å². The Morgan fingerprint density at radius 2 is 1.79 bits per heavy atom. The number of allylic oxidation sites excluding steroid dienone is 1. The second-order valence-electron chi connectivity index (χ2n) is 8.21. The Kier molecular flexibility index (Phi) is 7.08. The van der Waals surface area contributed by atoms with E-state index in [1.165, 1.54) is 12.1 Å². The lowest BCUT2D eigenvalue weighted by molar-refractivity contribution is -0.144. The minimum absolute atomic E-state index is 0.0757. The Morgan fingerprint density at radius 1 is 1.03 bits per heavy atom. The van der Waals surface area contributed by atoms with E-state index >= 15 is 0 Å². The predicted molar refractivity (Wildman–Crippen MR) is 126 cm³/mol. The average molecular weight is 466 g/mol. The van der Waals surface area contributed by atoms with Crippen LogP contribution in [-0.2, 0) is 19.4 Å². The molecule has 1 aromatic heterocycles. The highest BCUT2D eigenvalue weighted by atomic mass is 32.2. The van der Waals surface area contributed by atoms with Crippen molar-refractivity contribution >= 4 is 15.8 Å². The number of benzene rings is 2. The molecule has 0 spiro atoms. The number of esters is 1. The summed E-state index contributed by atoms with van der Waals surface area (Å²) in [7, 11) is -3.82. The molecule has 0 N–H and O–H groups in total. The van der Waals surface area contributed by atoms with Crippen LogP contribution >= 0.6 is 0 Å². The fourth-order valence-corrected chi connectivity index (χ4v) is 5.10. The van der Waals surface area contributed by atoms with E-state index in [2.05, 4.69) is 5.16 Å². The van der Waals surface area contributed by atoms with E-state index in [0.29, 0.717) is 11.5 Å². The van der Waals surface area contributed by atoms with Crippen LogP contribution in [0.1, 0.15) is 37.9 Å². The molecule has 172 valence electrons. The van der Waals surface area contributed by atoms with Crippen LogP contribution in [0.25, 0.3) is 22.4 Å². The third-order valence-electron chi connectivity index (χ3n) is 5.71. The van der Waals surface area contributed by atoms with Crippen LogP contribution in [0.5, 0.6) is 0 Å². The van der Waals surface area contributed by atoms with Crippen molar-refractivity contribution in [3.63, 3.8) is 0 Å². The van der Waals surface area contributed by atoms with E-state index in [4.69, 9.17) is 9.26 Å². The molecule has 0 aliphatic heterocycles. The van der Waals surface area contributed by atoms with Gasteiger partial charge in [0.1, 0.15) is 17.6 Å². The Morgan fingerprint density at radius 3 is 2.55 bits per heavy atom. The number of aromatic nitrogens is 1. The molecule has 0 fully saturated rings. The number of aryl methyl sites for hydroxylation is 1. The van der Waals surface area contributed by atoms with Crippen LogP contribution in [-0.4, -0.2) is 31.4 Å². The normalized spacial score (nSPS) is 17.7. The van der Waals surface area contributed by atoms with Crippen LogP contribution in [0.3, 0.4) is 0 Å². The van der Waals surface area contributed by atoms with Crippen molar-refractivity contribution in [3.05, 3.63) is 72.5 Å². The van der Waals surface area contributed by atoms with Crippen molar-refractivity contribution in [2.75, 3.05) is 5.75 Å². The van der Waals surface area contributed by atoms with Crippen LogP contribution < -0.4 is 0 Å². The minimum Gasteiger partial charge on any atom is -0.457 e. The molecule has 0 radical (unpaired) electrons. The minimum atomic E-state index is -3.82. The van der Waals surface area contributed by atoms with Gasteiger partial charge in [0.25, 0.3) is 0 Å². The lowest BCUT2D eigenvalue weighted by atomic mass is 10.00. The van der Waals surface area contributed by atoms with E-state index in [0.717, 1.165) is 48.8 Å². The van der Waals surface area contributed by atoms with Crippen LogP contribution in [0.4, 0.5) is 0 Å². The number of rotatable bonds is 6. The summed E-state index contributed by atoms with van der Waals surface area (Å²) in [5, 5.41) is 4.18. The molecule has 2 aromatic carbocycles. The van der Waals surface area contributed by atoms with Gasteiger partial charge in [0.15, 0.2) is 15.6 Å². The van der Waals surface area contributed by atoms with Gasteiger partial charge in [-0.15, -0.1) is 0 Å². The standard InChI is InChI=1S/C26H27NO5S/c1-19-25(26(27-32-19)21-10-6-5-7-11-21)20-14-16-23(17-15-20)33(29,30)18-24(28)31-22-12-8-3-2-4-9-13-22/h5-8,10-12,14-17,22H,2-4,9,13,18H2,1H3/b12-8+. The topological polar surface area (TPSA) is 86.5 Å². The van der Waals surface area contributed by atoms with Gasteiger partial charge in [0.2, 0.25) is 0 Å². The Labute approximate surface area is 194 Å². The van der Waals surface area contributed by atoms with Gasteiger partial charge in [-0.25, -0.2) is 8.42 Å². The summed E-state index contributed by atoms with van der Waals surface area (Å²) in [6, 6.07) is 16.1. The molecule has 1 aliphatic carbocycles. The lowest BCUT2D eigenvalue weighted by Gasteiger charge is -2.16. The first-order chi connectivity index (χ1) is 15.9. The smallest absolute Gasteiger partial charge is 0.322 e. The molecule has 6 nitrogen and oxygen atoms in total. The summed E-state index contributed by atoms with van der Waals surface area (Å²) in [6.07, 6.45) is 8.36. The molecular weight excluding hydrogens is 438 g/mol. The Bertz CT molecular complexity index is 1230. The number of sulfone groups is 1. The quantitative estimate of drug-likeness (QED) is 0.352. The van der Waals surface area contributed by atoms with E-state index in [1.807, 2.05) is 49.4 Å². The maximum absolute atomic E-state index is 12.8. The van der Waals surface area contributed by atoms with E-state index in [1.54, 1.807) is 12.1 Å². The summed E-state index contributed by atoms with van der Waals surface area (Å²) in [4.78, 5) is 12.4. The van der Waals surface area contributed by atoms with E-state index in [-0.39, 0.29) is 11.0 Å². The number of nitrogens with zero attached hydrogens (tertiary/aromatic N) is 1. The SMILES string of the molecule is Cc1onc(-c2ccccc2)c1-c1ccc(S(=O)(=O)CC(=O)OC2/C=C/CCCCC2)cc1. The third kappa shape index (κ3) is 5.60. The van der Waals surface area contributed by atoms with Gasteiger partial charge in [-0.3, -0.25) is 4.79 Å². The van der Waals surface area contributed by atoms with Gasteiger partial charge < -0.3 is 9.26 Å². The zero-order chi connectivity index (χ0) is 23.3. The lowest BCUT2D eigenvalue weighted by Crippen LogP contribution is -2.24. The highest BCUT2D eigenvalue weighted by molar-refractivity contribution is 7.92. The van der Waals surface area contributed by atoms with Gasteiger partial charge in [0, 0.05) is 5.56 Å². The number of hydrogen-bond donors (Lipinski definition) is 0. The number of hydrogen-bond acceptors (Lipinski definition) is 6. The Balaban J connectivity index is 1.49. The fourth-order valence-electron chi connectivity index (χ4n) is 4.00. The maximum atomic E-state index is 12.8. The average Bonchev–Trinajstić information content (AvgIpc) is 3.17. The summed E-state index contributed by atoms with van der Waals surface area (Å²) in [6.45, 7) is 1.82. The van der Waals surface area contributed by atoms with Crippen molar-refractivity contribution in [2.24, 2.45) is 0 Å². The number of ether oxygens (including phenoxy) is 1. The van der Waals surface area contributed by atoms with Gasteiger partial charge in [0.05, 0.1) is 10.5 Å². The first-order valence-electron chi connectivity index (χ1n) is 11.1. The molecule has 4 rings (SSSR count). The highest BCUT2D eigenvalue weighted by Gasteiger charge is 2.23. The van der Waals surface area contributed by atoms with Crippen molar-refractivity contribution in [3.8, 4) is 22.4 Å². The second kappa shape index (κ2) is 10.2. The first kappa shape index (κ1) is 23.0. The van der Waals surface area contributed by atoms with E-state index in [9.17, 15) is 13.2 Å². The summed E-state index contributed by atoms with van der Waals surface area (Å²) in [5.41, 5.74) is 3.20. The summed E-state index contributed by atoms with van der Waals surface area (Å²) < 4.78 is 36.5. The fraction of sp³-hybridized carbons (Fsp3) is 0.308. The van der Waals surface area contributed by atoms with Crippen LogP contribution in [0.15, 0.2) is 76.2 Å². The molecule has 0 saturated heterocycles. The van der Waals surface area contributed by atoms with Gasteiger partial charge in [-0.05, 0) is 56.4 Å². The monoisotopic (exact) mass is 465 g/mol. The van der Waals surface area contributed by atoms with Gasteiger partial charge >= 0.3 is 5.97 Å². The maximum Gasteiger partial charge on any atom is 0.322 e. The number of carbonyl (C=O) groups is 1. The van der Waals surface area contributed by atoms with Gasteiger partial charge in [-0.1, -0.05) is 60.1 Å². The summed E-state index contributed by atoms with van der Waals surface area (Å²) in [5.74, 6) is -0.769. The zero-order valence-corrected chi connectivity index (χ0v) is 19.4. The molecule has 7 heteroatoms. The van der Waals surface area contributed by atoms with Crippen LogP contribution in [0.2, 0.25) is 0 Å². The molecule has 1 unspecified atom stereocenters. The molecule has 0 saturated carbocycles. The molecule has 1 atom stereocenters. The molecule has 33 heavy (non-hydrogen) atoms. The number of carbonyl (C=O) groups excluding carboxylic acids is 1. The zero-order valence-electron chi connectivity index (χ0n) is 18.6. The molecule has 1 heterocycles. The highest BCUT2D eigenvalue weighted by Crippen LogP contribution is 2.34. The van der Waals surface area contributed by atoms with Crippen LogP contribution in [0, 0.1) is 6.92 Å². The molecule has 3 aromatic rings. The molecule has 1 aliphatic rings. The van der Waals surface area contributed by atoms with Crippen molar-refractivity contribution in [2.45, 2.75) is 50.0 Å². The predicted octanol–water partition coefficient (Wildman–Crippen LogP) is 5.52. The molecule has 0 bridgehead atoms. The largest absolute Gasteiger partial charge is 0.457 e. The molecule has 0 amide bonds. The molecular formula is C26H27NO5S. The van der Waals surface area contributed by atoms with E-state index < -0.39 is 21.6 Å². The second-order valence-corrected chi connectivity index (χ2v) is 10.2. The first-order valence-corrected chi connectivity index (χ1v) is 12.8. The third-order valence-corrected chi connectivity index (χ3v) is 7.32.